The molecule has 0 amide bonds. The second-order valence-electron chi connectivity index (χ2n) is 4.66. The number of aromatic amines is 2. The van der Waals surface area contributed by atoms with E-state index in [2.05, 4.69) is 32.9 Å². The summed E-state index contributed by atoms with van der Waals surface area (Å²) in [7, 11) is 0. The zero-order valence-electron chi connectivity index (χ0n) is 10.9. The number of imidazole rings is 2. The van der Waals surface area contributed by atoms with E-state index < -0.39 is 0 Å². The normalized spacial score (nSPS) is 12.9. The highest BCUT2D eigenvalue weighted by molar-refractivity contribution is 5.80. The lowest BCUT2D eigenvalue weighted by atomic mass is 10.1. The summed E-state index contributed by atoms with van der Waals surface area (Å²) < 4.78 is 0. The van der Waals surface area contributed by atoms with Gasteiger partial charge in [0.15, 0.2) is 0 Å². The van der Waals surface area contributed by atoms with Crippen molar-refractivity contribution in [3.63, 3.8) is 0 Å². The van der Waals surface area contributed by atoms with E-state index in [1.54, 1.807) is 6.33 Å². The lowest BCUT2D eigenvalue weighted by Crippen LogP contribution is -2.12. The van der Waals surface area contributed by atoms with Crippen LogP contribution in [0.15, 0.2) is 30.7 Å². The number of nitrogens with two attached hydrogens (primary N) is 1. The highest BCUT2D eigenvalue weighted by Gasteiger charge is 2.12. The van der Waals surface area contributed by atoms with Gasteiger partial charge in [-0.15, -0.1) is 0 Å². The maximum absolute atomic E-state index is 5.75. The molecule has 0 aliphatic heterocycles. The van der Waals surface area contributed by atoms with Crippen LogP contribution in [-0.4, -0.2) is 26.5 Å². The number of hydrogen-bond donors (Lipinski definition) is 3. The molecule has 0 bridgehead atoms. The fourth-order valence-electron chi connectivity index (χ4n) is 2.27. The fraction of sp³-hybridized carbons (Fsp3) is 0.286. The lowest BCUT2D eigenvalue weighted by Gasteiger charge is -2.07. The van der Waals surface area contributed by atoms with Crippen molar-refractivity contribution < 1.29 is 0 Å². The van der Waals surface area contributed by atoms with Crippen molar-refractivity contribution in [2.75, 3.05) is 6.54 Å². The van der Waals surface area contributed by atoms with Crippen LogP contribution in [0.25, 0.3) is 22.3 Å². The second kappa shape index (κ2) is 4.85. The Hall–Kier alpha value is -2.14. The molecule has 2 heterocycles. The quantitative estimate of drug-likeness (QED) is 0.669. The molecule has 2 aromatic heterocycles. The number of rotatable bonds is 4. The van der Waals surface area contributed by atoms with Crippen LogP contribution in [0, 0.1) is 0 Å². The highest BCUT2D eigenvalue weighted by Crippen LogP contribution is 2.23. The third-order valence-corrected chi connectivity index (χ3v) is 3.49. The molecule has 1 aromatic carbocycles. The largest absolute Gasteiger partial charge is 0.345 e. The maximum Gasteiger partial charge on any atom is 0.110 e. The van der Waals surface area contributed by atoms with Crippen LogP contribution in [0.5, 0.6) is 0 Å². The fourth-order valence-corrected chi connectivity index (χ4v) is 2.27. The zero-order chi connectivity index (χ0) is 13.2. The standard InChI is InChI=1S/C14H17N5/c1-2-9(6-15)14-16-7-13(19-14)10-3-4-11-12(5-10)18-8-17-11/h3-5,7-9H,2,6,15H2,1H3,(H,16,19)(H,17,18). The summed E-state index contributed by atoms with van der Waals surface area (Å²) in [4.78, 5) is 15.1. The van der Waals surface area contributed by atoms with Crippen LogP contribution in [0.3, 0.4) is 0 Å². The molecular weight excluding hydrogens is 238 g/mol. The Kier molecular flexibility index (Phi) is 3.05. The summed E-state index contributed by atoms with van der Waals surface area (Å²) in [5.74, 6) is 1.26. The molecule has 98 valence electrons. The number of aromatic nitrogens is 4. The van der Waals surface area contributed by atoms with Gasteiger partial charge in [-0.1, -0.05) is 13.0 Å². The average Bonchev–Trinajstić information content (AvgIpc) is 3.08. The zero-order valence-corrected chi connectivity index (χ0v) is 10.9. The first-order valence-electron chi connectivity index (χ1n) is 6.50. The lowest BCUT2D eigenvalue weighted by molar-refractivity contribution is 0.639. The van der Waals surface area contributed by atoms with Crippen molar-refractivity contribution in [3.05, 3.63) is 36.5 Å². The second-order valence-corrected chi connectivity index (χ2v) is 4.66. The minimum Gasteiger partial charge on any atom is -0.345 e. The van der Waals surface area contributed by atoms with Gasteiger partial charge < -0.3 is 15.7 Å². The monoisotopic (exact) mass is 255 g/mol. The SMILES string of the molecule is CCC(CN)c1ncc(-c2ccc3nc[nH]c3c2)[nH]1. The Morgan fingerprint density at radius 2 is 2.21 bits per heavy atom. The van der Waals surface area contributed by atoms with Crippen molar-refractivity contribution in [3.8, 4) is 11.3 Å². The Balaban J connectivity index is 1.97. The Labute approximate surface area is 111 Å². The molecule has 0 aliphatic carbocycles. The molecular formula is C14H17N5. The summed E-state index contributed by atoms with van der Waals surface area (Å²) in [6, 6.07) is 6.12. The molecule has 0 saturated carbocycles. The molecule has 1 atom stereocenters. The third-order valence-electron chi connectivity index (χ3n) is 3.49. The summed E-state index contributed by atoms with van der Waals surface area (Å²) in [6.45, 7) is 2.74. The minimum atomic E-state index is 0.296. The molecule has 5 heteroatoms. The predicted molar refractivity (Wildman–Crippen MR) is 75.8 cm³/mol. The Bertz CT molecular complexity index is 678. The van der Waals surface area contributed by atoms with Gasteiger partial charge in [0, 0.05) is 18.0 Å². The average molecular weight is 255 g/mol. The van der Waals surface area contributed by atoms with Crippen LogP contribution in [0.1, 0.15) is 25.1 Å². The molecule has 1 unspecified atom stereocenters. The van der Waals surface area contributed by atoms with Crippen molar-refractivity contribution in [1.29, 1.82) is 0 Å². The van der Waals surface area contributed by atoms with Crippen molar-refractivity contribution in [2.24, 2.45) is 5.73 Å². The summed E-state index contributed by atoms with van der Waals surface area (Å²) in [5.41, 5.74) is 9.86. The van der Waals surface area contributed by atoms with E-state index >= 15 is 0 Å². The number of fused-ring (bicyclic) bond motifs is 1. The van der Waals surface area contributed by atoms with Gasteiger partial charge in [-0.25, -0.2) is 9.97 Å². The summed E-state index contributed by atoms with van der Waals surface area (Å²) >= 11 is 0. The van der Waals surface area contributed by atoms with Crippen molar-refractivity contribution >= 4 is 11.0 Å². The van der Waals surface area contributed by atoms with Gasteiger partial charge in [-0.05, 0) is 18.6 Å². The van der Waals surface area contributed by atoms with E-state index in [4.69, 9.17) is 5.73 Å². The van der Waals surface area contributed by atoms with Gasteiger partial charge in [-0.2, -0.15) is 0 Å². The minimum absolute atomic E-state index is 0.296. The number of H-pyrrole nitrogens is 2. The Morgan fingerprint density at radius 3 is 3.00 bits per heavy atom. The van der Waals surface area contributed by atoms with Crippen LogP contribution in [0.2, 0.25) is 0 Å². The topological polar surface area (TPSA) is 83.4 Å². The van der Waals surface area contributed by atoms with Gasteiger partial charge in [0.05, 0.1) is 29.3 Å². The first kappa shape index (κ1) is 11.9. The van der Waals surface area contributed by atoms with Gasteiger partial charge in [-0.3, -0.25) is 0 Å². The maximum atomic E-state index is 5.75. The van der Waals surface area contributed by atoms with Gasteiger partial charge in [0.2, 0.25) is 0 Å². The van der Waals surface area contributed by atoms with E-state index in [1.165, 1.54) is 0 Å². The number of nitrogens with zero attached hydrogens (tertiary/aromatic N) is 2. The molecule has 4 N–H and O–H groups in total. The smallest absolute Gasteiger partial charge is 0.110 e. The van der Waals surface area contributed by atoms with E-state index in [0.717, 1.165) is 34.5 Å². The third kappa shape index (κ3) is 2.13. The van der Waals surface area contributed by atoms with Crippen LogP contribution in [-0.2, 0) is 0 Å². The number of hydrogen-bond acceptors (Lipinski definition) is 3. The van der Waals surface area contributed by atoms with Crippen LogP contribution >= 0.6 is 0 Å². The first-order valence-corrected chi connectivity index (χ1v) is 6.50. The van der Waals surface area contributed by atoms with Crippen LogP contribution in [0.4, 0.5) is 0 Å². The molecule has 19 heavy (non-hydrogen) atoms. The van der Waals surface area contributed by atoms with Gasteiger partial charge in [0.25, 0.3) is 0 Å². The van der Waals surface area contributed by atoms with E-state index in [1.807, 2.05) is 18.3 Å². The highest BCUT2D eigenvalue weighted by atomic mass is 14.9. The molecule has 3 aromatic rings. The number of nitrogens with one attached hydrogen (secondary N) is 2. The van der Waals surface area contributed by atoms with Gasteiger partial charge in [0.1, 0.15) is 5.82 Å². The number of benzene rings is 1. The molecule has 0 radical (unpaired) electrons. The molecule has 5 nitrogen and oxygen atoms in total. The molecule has 0 fully saturated rings. The molecule has 0 spiro atoms. The summed E-state index contributed by atoms with van der Waals surface area (Å²) in [6.07, 6.45) is 4.56. The van der Waals surface area contributed by atoms with Crippen LogP contribution < -0.4 is 5.73 Å². The van der Waals surface area contributed by atoms with E-state index in [0.29, 0.717) is 12.5 Å². The predicted octanol–water partition coefficient (Wildman–Crippen LogP) is 2.41. The molecule has 0 saturated heterocycles. The molecule has 0 aliphatic rings. The first-order chi connectivity index (χ1) is 9.31. The van der Waals surface area contributed by atoms with Gasteiger partial charge >= 0.3 is 0 Å². The van der Waals surface area contributed by atoms with E-state index in [9.17, 15) is 0 Å². The Morgan fingerprint density at radius 1 is 1.32 bits per heavy atom. The summed E-state index contributed by atoms with van der Waals surface area (Å²) in [5, 5.41) is 0. The molecule has 3 rings (SSSR count). The van der Waals surface area contributed by atoms with E-state index in [-0.39, 0.29) is 0 Å². The van der Waals surface area contributed by atoms with Crippen molar-refractivity contribution in [2.45, 2.75) is 19.3 Å². The van der Waals surface area contributed by atoms with Crippen molar-refractivity contribution in [1.82, 2.24) is 19.9 Å².